The number of aromatic nitrogens is 1. The zero-order chi connectivity index (χ0) is 20.5. The second-order valence-electron chi connectivity index (χ2n) is 6.96. The molecule has 1 amide bonds. The van der Waals surface area contributed by atoms with Gasteiger partial charge in [-0.15, -0.1) is 35.3 Å². The molecule has 0 saturated carbocycles. The van der Waals surface area contributed by atoms with Crippen LogP contribution in [-0.4, -0.2) is 29.9 Å². The quantitative estimate of drug-likeness (QED) is 0.271. The van der Waals surface area contributed by atoms with Crippen LogP contribution in [0.4, 0.5) is 5.69 Å². The first kappa shape index (κ1) is 25.4. The first-order chi connectivity index (χ1) is 13.4. The van der Waals surface area contributed by atoms with Crippen LogP contribution in [0.3, 0.4) is 0 Å². The van der Waals surface area contributed by atoms with Gasteiger partial charge in [0.1, 0.15) is 0 Å². The summed E-state index contributed by atoms with van der Waals surface area (Å²) < 4.78 is 0. The van der Waals surface area contributed by atoms with Crippen molar-refractivity contribution in [2.24, 2.45) is 10.9 Å². The van der Waals surface area contributed by atoms with Gasteiger partial charge in [0, 0.05) is 36.0 Å². The van der Waals surface area contributed by atoms with Crippen LogP contribution in [0.2, 0.25) is 0 Å². The predicted molar refractivity (Wildman–Crippen MR) is 133 cm³/mol. The van der Waals surface area contributed by atoms with E-state index in [9.17, 15) is 4.79 Å². The maximum atomic E-state index is 11.8. The summed E-state index contributed by atoms with van der Waals surface area (Å²) in [5.74, 6) is 0.787. The van der Waals surface area contributed by atoms with Crippen LogP contribution in [0.15, 0.2) is 29.3 Å². The van der Waals surface area contributed by atoms with Crippen molar-refractivity contribution in [3.63, 3.8) is 0 Å². The highest BCUT2D eigenvalue weighted by molar-refractivity contribution is 14.0. The van der Waals surface area contributed by atoms with Crippen molar-refractivity contribution in [1.82, 2.24) is 15.6 Å². The highest BCUT2D eigenvalue weighted by atomic mass is 127. The van der Waals surface area contributed by atoms with Crippen molar-refractivity contribution in [2.45, 2.75) is 47.6 Å². The summed E-state index contributed by atoms with van der Waals surface area (Å²) >= 11 is 1.76. The molecule has 29 heavy (non-hydrogen) atoms. The summed E-state index contributed by atoms with van der Waals surface area (Å²) in [6.45, 7) is 12.1. The molecule has 0 aliphatic heterocycles. The minimum atomic E-state index is -0.0322. The van der Waals surface area contributed by atoms with Gasteiger partial charge >= 0.3 is 0 Å². The molecule has 2 rings (SSSR count). The fraction of sp³-hybridized carbons (Fsp3) is 0.476. The van der Waals surface area contributed by atoms with Crippen LogP contribution in [0.1, 0.15) is 41.9 Å². The number of carbonyl (C=O) groups is 1. The maximum absolute atomic E-state index is 11.8. The summed E-state index contributed by atoms with van der Waals surface area (Å²) in [7, 11) is 0. The van der Waals surface area contributed by atoms with Crippen molar-refractivity contribution >= 4 is 52.9 Å². The molecule has 1 heterocycles. The van der Waals surface area contributed by atoms with Crippen LogP contribution in [0.5, 0.6) is 0 Å². The van der Waals surface area contributed by atoms with Gasteiger partial charge in [0.15, 0.2) is 5.96 Å². The van der Waals surface area contributed by atoms with E-state index in [1.54, 1.807) is 11.3 Å². The maximum Gasteiger partial charge on any atom is 0.226 e. The van der Waals surface area contributed by atoms with Gasteiger partial charge in [-0.1, -0.05) is 26.0 Å². The zero-order valence-corrected chi connectivity index (χ0v) is 21.0. The standard InChI is InChI=1S/C21H31N5OS.HI/c1-6-22-21(23-12-11-19-25-15(4)16(5)28-19)24-13-17-7-9-18(10-8-17)26-20(27)14(2)3;/h7-10,14H,6,11-13H2,1-5H3,(H,26,27)(H2,22,23,24);1H. The number of hydrogen-bond acceptors (Lipinski definition) is 4. The summed E-state index contributed by atoms with van der Waals surface area (Å²) in [5.41, 5.74) is 3.02. The minimum absolute atomic E-state index is 0. The average Bonchev–Trinajstić information content (AvgIpc) is 2.98. The summed E-state index contributed by atoms with van der Waals surface area (Å²) in [4.78, 5) is 22.3. The molecule has 8 heteroatoms. The van der Waals surface area contributed by atoms with Gasteiger partial charge in [0.25, 0.3) is 0 Å². The van der Waals surface area contributed by atoms with E-state index in [2.05, 4.69) is 39.8 Å². The van der Waals surface area contributed by atoms with E-state index in [1.165, 1.54) is 4.88 Å². The van der Waals surface area contributed by atoms with Crippen LogP contribution in [-0.2, 0) is 17.8 Å². The second-order valence-corrected chi connectivity index (χ2v) is 8.25. The van der Waals surface area contributed by atoms with Crippen LogP contribution >= 0.6 is 35.3 Å². The molecule has 0 aliphatic carbocycles. The number of halogens is 1. The van der Waals surface area contributed by atoms with Gasteiger partial charge in [0.2, 0.25) is 5.91 Å². The Hall–Kier alpha value is -1.68. The van der Waals surface area contributed by atoms with Crippen molar-refractivity contribution in [2.75, 3.05) is 18.4 Å². The number of aliphatic imine (C=N–C) groups is 1. The summed E-state index contributed by atoms with van der Waals surface area (Å²) in [6.07, 6.45) is 0.883. The number of amides is 1. The molecule has 3 N–H and O–H groups in total. The average molecular weight is 529 g/mol. The Balaban J connectivity index is 0.00000420. The second kappa shape index (κ2) is 12.8. The van der Waals surface area contributed by atoms with Gasteiger partial charge < -0.3 is 16.0 Å². The lowest BCUT2D eigenvalue weighted by Crippen LogP contribution is -2.38. The van der Waals surface area contributed by atoms with Gasteiger partial charge in [-0.2, -0.15) is 0 Å². The fourth-order valence-electron chi connectivity index (χ4n) is 2.43. The summed E-state index contributed by atoms with van der Waals surface area (Å²) in [6, 6.07) is 7.81. The number of benzene rings is 1. The molecule has 1 aromatic heterocycles. The third-order valence-corrected chi connectivity index (χ3v) is 5.35. The Morgan fingerprint density at radius 3 is 2.41 bits per heavy atom. The first-order valence-electron chi connectivity index (χ1n) is 9.74. The largest absolute Gasteiger partial charge is 0.357 e. The Morgan fingerprint density at radius 1 is 1.17 bits per heavy atom. The molecule has 2 aromatic rings. The monoisotopic (exact) mass is 529 g/mol. The van der Waals surface area contributed by atoms with Crippen LogP contribution in [0, 0.1) is 19.8 Å². The lowest BCUT2D eigenvalue weighted by atomic mass is 10.2. The third-order valence-electron chi connectivity index (χ3n) is 4.21. The van der Waals surface area contributed by atoms with E-state index in [0.29, 0.717) is 6.54 Å². The molecular weight excluding hydrogens is 497 g/mol. The zero-order valence-electron chi connectivity index (χ0n) is 17.8. The van der Waals surface area contributed by atoms with Crippen molar-refractivity contribution in [3.8, 4) is 0 Å². The number of nitrogens with one attached hydrogen (secondary N) is 3. The van der Waals surface area contributed by atoms with E-state index >= 15 is 0 Å². The molecule has 1 aromatic carbocycles. The molecule has 0 aliphatic rings. The molecule has 0 saturated heterocycles. The number of guanidine groups is 1. The lowest BCUT2D eigenvalue weighted by Gasteiger charge is -2.11. The normalized spacial score (nSPS) is 11.2. The molecule has 160 valence electrons. The van der Waals surface area contributed by atoms with Gasteiger partial charge in [0.05, 0.1) is 17.2 Å². The van der Waals surface area contributed by atoms with E-state index in [-0.39, 0.29) is 35.8 Å². The van der Waals surface area contributed by atoms with E-state index in [1.807, 2.05) is 45.0 Å². The van der Waals surface area contributed by atoms with E-state index < -0.39 is 0 Å². The number of anilines is 1. The molecule has 0 spiro atoms. The SMILES string of the molecule is CCNC(=NCc1ccc(NC(=O)C(C)C)cc1)NCCc1nc(C)c(C)s1.I. The minimum Gasteiger partial charge on any atom is -0.357 e. The number of carbonyl (C=O) groups excluding carboxylic acids is 1. The fourth-order valence-corrected chi connectivity index (χ4v) is 3.36. The van der Waals surface area contributed by atoms with Crippen LogP contribution < -0.4 is 16.0 Å². The van der Waals surface area contributed by atoms with Crippen molar-refractivity contribution in [1.29, 1.82) is 0 Å². The van der Waals surface area contributed by atoms with E-state index in [4.69, 9.17) is 0 Å². The number of rotatable bonds is 8. The molecule has 0 bridgehead atoms. The molecule has 0 unspecified atom stereocenters. The molecule has 0 atom stereocenters. The third kappa shape index (κ3) is 8.69. The van der Waals surface area contributed by atoms with Gasteiger partial charge in [-0.3, -0.25) is 4.79 Å². The molecular formula is C21H32IN5OS. The highest BCUT2D eigenvalue weighted by Gasteiger charge is 2.07. The van der Waals surface area contributed by atoms with Crippen molar-refractivity contribution in [3.05, 3.63) is 45.4 Å². The Labute approximate surface area is 195 Å². The number of nitrogens with zero attached hydrogens (tertiary/aromatic N) is 2. The van der Waals surface area contributed by atoms with Gasteiger partial charge in [-0.05, 0) is 38.5 Å². The Morgan fingerprint density at radius 2 is 1.86 bits per heavy atom. The topological polar surface area (TPSA) is 78.4 Å². The summed E-state index contributed by atoms with van der Waals surface area (Å²) in [5, 5.41) is 10.7. The first-order valence-corrected chi connectivity index (χ1v) is 10.6. The predicted octanol–water partition coefficient (Wildman–Crippen LogP) is 4.27. The lowest BCUT2D eigenvalue weighted by molar-refractivity contribution is -0.118. The van der Waals surface area contributed by atoms with Crippen molar-refractivity contribution < 1.29 is 4.79 Å². The smallest absolute Gasteiger partial charge is 0.226 e. The number of aryl methyl sites for hydroxylation is 2. The number of thiazole rings is 1. The number of hydrogen-bond donors (Lipinski definition) is 3. The molecule has 0 fully saturated rings. The van der Waals surface area contributed by atoms with Gasteiger partial charge in [-0.25, -0.2) is 9.98 Å². The highest BCUT2D eigenvalue weighted by Crippen LogP contribution is 2.16. The Bertz CT molecular complexity index is 782. The molecule has 0 radical (unpaired) electrons. The molecule has 6 nitrogen and oxygen atoms in total. The Kier molecular flexibility index (Phi) is 11.2. The van der Waals surface area contributed by atoms with Crippen LogP contribution in [0.25, 0.3) is 0 Å². The van der Waals surface area contributed by atoms with E-state index in [0.717, 1.165) is 47.4 Å².